The third-order valence-electron chi connectivity index (χ3n) is 2.35. The Labute approximate surface area is 90.3 Å². The van der Waals surface area contributed by atoms with Crippen LogP contribution in [0.4, 0.5) is 0 Å². The Bertz CT molecular complexity index is 306. The van der Waals surface area contributed by atoms with Gasteiger partial charge in [0.15, 0.2) is 0 Å². The van der Waals surface area contributed by atoms with E-state index < -0.39 is 0 Å². The van der Waals surface area contributed by atoms with Gasteiger partial charge in [-0.1, -0.05) is 0 Å². The summed E-state index contributed by atoms with van der Waals surface area (Å²) in [5.74, 6) is 0.0744. The van der Waals surface area contributed by atoms with Crippen molar-refractivity contribution in [3.63, 3.8) is 0 Å². The van der Waals surface area contributed by atoms with Crippen molar-refractivity contribution in [1.29, 1.82) is 0 Å². The highest BCUT2D eigenvalue weighted by Crippen LogP contribution is 2.13. The van der Waals surface area contributed by atoms with Gasteiger partial charge in [0.25, 0.3) is 0 Å². The van der Waals surface area contributed by atoms with Crippen molar-refractivity contribution < 1.29 is 9.21 Å². The van der Waals surface area contributed by atoms with Crippen LogP contribution in [0.5, 0.6) is 0 Å². The Morgan fingerprint density at radius 1 is 1.47 bits per heavy atom. The van der Waals surface area contributed by atoms with Gasteiger partial charge in [0.05, 0.1) is 18.6 Å². The molecule has 1 aromatic heterocycles. The van der Waals surface area contributed by atoms with E-state index in [2.05, 4.69) is 5.32 Å². The van der Waals surface area contributed by atoms with Crippen molar-refractivity contribution in [3.05, 3.63) is 24.2 Å². The fourth-order valence-electron chi connectivity index (χ4n) is 1.45. The maximum Gasteiger partial charge on any atom is 0.238 e. The minimum atomic E-state index is -0.190. The lowest BCUT2D eigenvalue weighted by molar-refractivity contribution is -0.130. The Morgan fingerprint density at radius 3 is 2.60 bits per heavy atom. The number of rotatable bonds is 4. The van der Waals surface area contributed by atoms with E-state index in [0.29, 0.717) is 0 Å². The zero-order valence-electron chi connectivity index (χ0n) is 9.65. The molecule has 0 saturated heterocycles. The van der Waals surface area contributed by atoms with Crippen LogP contribution in [-0.4, -0.2) is 30.9 Å². The standard InChI is InChI=1S/C11H18N2O2/c1-8(10-5-6-15-7-10)12-9(2)11(14)13(3)4/h5-9,12H,1-4H3. The minimum absolute atomic E-state index is 0.0744. The number of nitrogens with zero attached hydrogens (tertiary/aromatic N) is 1. The number of hydrogen-bond acceptors (Lipinski definition) is 3. The fourth-order valence-corrected chi connectivity index (χ4v) is 1.45. The van der Waals surface area contributed by atoms with Gasteiger partial charge in [-0.2, -0.15) is 0 Å². The summed E-state index contributed by atoms with van der Waals surface area (Å²) in [5.41, 5.74) is 1.05. The molecule has 1 amide bonds. The van der Waals surface area contributed by atoms with Crippen molar-refractivity contribution in [2.75, 3.05) is 14.1 Å². The van der Waals surface area contributed by atoms with Gasteiger partial charge in [0, 0.05) is 25.7 Å². The second-order valence-electron chi connectivity index (χ2n) is 3.90. The molecule has 0 saturated carbocycles. The Hall–Kier alpha value is -1.29. The van der Waals surface area contributed by atoms with Gasteiger partial charge in [-0.05, 0) is 19.9 Å². The molecule has 1 N–H and O–H groups in total. The van der Waals surface area contributed by atoms with Crippen molar-refractivity contribution >= 4 is 5.91 Å². The molecule has 4 nitrogen and oxygen atoms in total. The van der Waals surface area contributed by atoms with Gasteiger partial charge in [0.2, 0.25) is 5.91 Å². The lowest BCUT2D eigenvalue weighted by atomic mass is 10.1. The summed E-state index contributed by atoms with van der Waals surface area (Å²) in [6.45, 7) is 3.86. The maximum absolute atomic E-state index is 11.6. The van der Waals surface area contributed by atoms with Crippen LogP contribution in [0.15, 0.2) is 23.0 Å². The number of carbonyl (C=O) groups excluding carboxylic acids is 1. The molecule has 15 heavy (non-hydrogen) atoms. The summed E-state index contributed by atoms with van der Waals surface area (Å²) >= 11 is 0. The van der Waals surface area contributed by atoms with E-state index in [4.69, 9.17) is 4.42 Å². The lowest BCUT2D eigenvalue weighted by Crippen LogP contribution is -2.42. The van der Waals surface area contributed by atoms with Crippen LogP contribution >= 0.6 is 0 Å². The molecule has 0 fully saturated rings. The normalized spacial score (nSPS) is 14.7. The van der Waals surface area contributed by atoms with E-state index in [1.54, 1.807) is 31.5 Å². The molecule has 2 unspecified atom stereocenters. The summed E-state index contributed by atoms with van der Waals surface area (Å²) in [6.07, 6.45) is 3.32. The van der Waals surface area contributed by atoms with E-state index in [0.717, 1.165) is 5.56 Å². The molecule has 0 spiro atoms. The zero-order chi connectivity index (χ0) is 11.4. The Morgan fingerprint density at radius 2 is 2.13 bits per heavy atom. The van der Waals surface area contributed by atoms with Crippen molar-refractivity contribution in [1.82, 2.24) is 10.2 Å². The van der Waals surface area contributed by atoms with Crippen molar-refractivity contribution in [2.24, 2.45) is 0 Å². The highest BCUT2D eigenvalue weighted by atomic mass is 16.3. The molecule has 0 bridgehead atoms. The zero-order valence-corrected chi connectivity index (χ0v) is 9.65. The van der Waals surface area contributed by atoms with Gasteiger partial charge < -0.3 is 9.32 Å². The quantitative estimate of drug-likeness (QED) is 0.817. The van der Waals surface area contributed by atoms with Gasteiger partial charge in [-0.25, -0.2) is 0 Å². The first-order valence-corrected chi connectivity index (χ1v) is 5.01. The van der Waals surface area contributed by atoms with Crippen LogP contribution in [0.25, 0.3) is 0 Å². The number of carbonyl (C=O) groups is 1. The van der Waals surface area contributed by atoms with Crippen LogP contribution < -0.4 is 5.32 Å². The maximum atomic E-state index is 11.6. The summed E-state index contributed by atoms with van der Waals surface area (Å²) in [6, 6.07) is 1.82. The van der Waals surface area contributed by atoms with E-state index in [1.807, 2.05) is 19.9 Å². The Balaban J connectivity index is 2.52. The van der Waals surface area contributed by atoms with Crippen LogP contribution in [-0.2, 0) is 4.79 Å². The smallest absolute Gasteiger partial charge is 0.238 e. The number of likely N-dealkylation sites (N-methyl/N-ethyl adjacent to an activating group) is 1. The van der Waals surface area contributed by atoms with Crippen molar-refractivity contribution in [3.8, 4) is 0 Å². The molecule has 0 aliphatic heterocycles. The number of amides is 1. The molecule has 0 radical (unpaired) electrons. The second-order valence-corrected chi connectivity index (χ2v) is 3.90. The number of hydrogen-bond donors (Lipinski definition) is 1. The molecule has 2 atom stereocenters. The largest absolute Gasteiger partial charge is 0.472 e. The molecule has 84 valence electrons. The highest BCUT2D eigenvalue weighted by molar-refractivity contribution is 5.80. The second kappa shape index (κ2) is 4.98. The first kappa shape index (κ1) is 11.8. The SMILES string of the molecule is CC(NC(C)c1ccoc1)C(=O)N(C)C. The summed E-state index contributed by atoms with van der Waals surface area (Å²) in [4.78, 5) is 13.2. The number of nitrogens with one attached hydrogen (secondary N) is 1. The van der Waals surface area contributed by atoms with Crippen LogP contribution in [0.2, 0.25) is 0 Å². The van der Waals surface area contributed by atoms with Crippen LogP contribution in [0, 0.1) is 0 Å². The lowest BCUT2D eigenvalue weighted by Gasteiger charge is -2.21. The molecule has 1 rings (SSSR count). The molecule has 1 aromatic rings. The van der Waals surface area contributed by atoms with Crippen LogP contribution in [0.1, 0.15) is 25.5 Å². The predicted octanol–water partition coefficient (Wildman–Crippen LogP) is 1.41. The fraction of sp³-hybridized carbons (Fsp3) is 0.545. The monoisotopic (exact) mass is 210 g/mol. The van der Waals surface area contributed by atoms with Gasteiger partial charge in [0.1, 0.15) is 0 Å². The summed E-state index contributed by atoms with van der Waals surface area (Å²) in [5, 5.41) is 3.21. The van der Waals surface area contributed by atoms with E-state index >= 15 is 0 Å². The average Bonchev–Trinajstić information content (AvgIpc) is 2.68. The molecular formula is C11H18N2O2. The third-order valence-corrected chi connectivity index (χ3v) is 2.35. The topological polar surface area (TPSA) is 45.5 Å². The third kappa shape index (κ3) is 3.09. The first-order valence-electron chi connectivity index (χ1n) is 5.01. The van der Waals surface area contributed by atoms with Gasteiger partial charge in [-0.3, -0.25) is 10.1 Å². The molecular weight excluding hydrogens is 192 g/mol. The number of furan rings is 1. The van der Waals surface area contributed by atoms with Crippen molar-refractivity contribution in [2.45, 2.75) is 25.9 Å². The average molecular weight is 210 g/mol. The van der Waals surface area contributed by atoms with Gasteiger partial charge in [-0.15, -0.1) is 0 Å². The first-order chi connectivity index (χ1) is 7.02. The summed E-state index contributed by atoms with van der Waals surface area (Å²) in [7, 11) is 3.51. The molecule has 0 aliphatic carbocycles. The summed E-state index contributed by atoms with van der Waals surface area (Å²) < 4.78 is 4.99. The van der Waals surface area contributed by atoms with E-state index in [9.17, 15) is 4.79 Å². The van der Waals surface area contributed by atoms with E-state index in [1.165, 1.54) is 0 Å². The predicted molar refractivity (Wildman–Crippen MR) is 58.4 cm³/mol. The van der Waals surface area contributed by atoms with E-state index in [-0.39, 0.29) is 18.0 Å². The van der Waals surface area contributed by atoms with Crippen LogP contribution in [0.3, 0.4) is 0 Å². The highest BCUT2D eigenvalue weighted by Gasteiger charge is 2.17. The molecule has 0 aliphatic rings. The minimum Gasteiger partial charge on any atom is -0.472 e. The molecule has 4 heteroatoms. The van der Waals surface area contributed by atoms with Gasteiger partial charge >= 0.3 is 0 Å². The Kier molecular flexibility index (Phi) is 3.91. The molecule has 0 aromatic carbocycles. The molecule has 1 heterocycles.